The number of carbonyl (C=O) groups excluding carboxylic acids is 3. The van der Waals surface area contributed by atoms with Gasteiger partial charge in [0.2, 0.25) is 0 Å². The number of hydrogen-bond donors (Lipinski definition) is 2. The Labute approximate surface area is 160 Å². The third kappa shape index (κ3) is 5.83. The van der Waals surface area contributed by atoms with Crippen molar-refractivity contribution < 1.29 is 19.1 Å². The largest absolute Gasteiger partial charge is 0.454 e. The van der Waals surface area contributed by atoms with Crippen LogP contribution in [0.1, 0.15) is 22.8 Å². The van der Waals surface area contributed by atoms with E-state index in [4.69, 9.17) is 21.6 Å². The first-order valence-electron chi connectivity index (χ1n) is 7.92. The van der Waals surface area contributed by atoms with Crippen LogP contribution in [0.25, 0.3) is 0 Å². The highest BCUT2D eigenvalue weighted by Crippen LogP contribution is 2.13. The number of nitrogens with one attached hydrogen (secondary N) is 2. The summed E-state index contributed by atoms with van der Waals surface area (Å²) in [4.78, 5) is 35.9. The van der Waals surface area contributed by atoms with Crippen LogP contribution in [0.4, 0.5) is 5.69 Å². The van der Waals surface area contributed by atoms with Crippen LogP contribution in [-0.2, 0) is 14.3 Å². The Balaban J connectivity index is 1.83. The smallest absolute Gasteiger partial charge is 0.328 e. The van der Waals surface area contributed by atoms with Gasteiger partial charge in [0.1, 0.15) is 12.1 Å². The van der Waals surface area contributed by atoms with Crippen molar-refractivity contribution in [3.05, 3.63) is 64.7 Å². The fourth-order valence-electron chi connectivity index (χ4n) is 2.08. The zero-order valence-corrected chi connectivity index (χ0v) is 15.1. The van der Waals surface area contributed by atoms with Crippen molar-refractivity contribution >= 4 is 35.1 Å². The summed E-state index contributed by atoms with van der Waals surface area (Å²) in [5.74, 6) is -1.83. The minimum Gasteiger partial charge on any atom is -0.454 e. The molecule has 2 aromatic rings. The number of rotatable bonds is 6. The van der Waals surface area contributed by atoms with Gasteiger partial charge in [-0.2, -0.15) is 5.26 Å². The predicted octanol–water partition coefficient (Wildman–Crippen LogP) is 2.51. The van der Waals surface area contributed by atoms with Crippen LogP contribution in [0.3, 0.4) is 0 Å². The molecule has 0 bridgehead atoms. The maximum absolute atomic E-state index is 12.0. The number of amides is 2. The second-order valence-corrected chi connectivity index (χ2v) is 5.95. The average Bonchev–Trinajstić information content (AvgIpc) is 2.66. The van der Waals surface area contributed by atoms with E-state index in [0.29, 0.717) is 21.8 Å². The van der Waals surface area contributed by atoms with E-state index in [2.05, 4.69) is 10.6 Å². The summed E-state index contributed by atoms with van der Waals surface area (Å²) >= 11 is 5.76. The fraction of sp³-hybridized carbons (Fsp3) is 0.158. The van der Waals surface area contributed by atoms with Crippen LogP contribution in [0, 0.1) is 11.3 Å². The average molecular weight is 386 g/mol. The Morgan fingerprint density at radius 1 is 1.15 bits per heavy atom. The molecule has 7 nitrogen and oxygen atoms in total. The summed E-state index contributed by atoms with van der Waals surface area (Å²) < 4.78 is 4.90. The molecule has 0 unspecified atom stereocenters. The third-order valence-electron chi connectivity index (χ3n) is 3.47. The Morgan fingerprint density at radius 3 is 2.48 bits per heavy atom. The topological polar surface area (TPSA) is 108 Å². The van der Waals surface area contributed by atoms with Crippen molar-refractivity contribution in [2.45, 2.75) is 13.0 Å². The second kappa shape index (κ2) is 9.36. The monoisotopic (exact) mass is 385 g/mol. The zero-order chi connectivity index (χ0) is 19.8. The maximum atomic E-state index is 12.0. The first-order valence-corrected chi connectivity index (χ1v) is 8.30. The lowest BCUT2D eigenvalue weighted by molar-refractivity contribution is -0.148. The second-order valence-electron chi connectivity index (χ2n) is 5.52. The molecular weight excluding hydrogens is 370 g/mol. The highest BCUT2D eigenvalue weighted by Gasteiger charge is 2.19. The predicted molar refractivity (Wildman–Crippen MR) is 99.1 cm³/mol. The maximum Gasteiger partial charge on any atom is 0.328 e. The van der Waals surface area contributed by atoms with Gasteiger partial charge in [0.05, 0.1) is 11.3 Å². The number of nitriles is 1. The highest BCUT2D eigenvalue weighted by atomic mass is 35.5. The Morgan fingerprint density at radius 2 is 1.81 bits per heavy atom. The minimum absolute atomic E-state index is 0.292. The quantitative estimate of drug-likeness (QED) is 0.743. The lowest BCUT2D eigenvalue weighted by Gasteiger charge is -2.13. The van der Waals surface area contributed by atoms with Crippen LogP contribution in [-0.4, -0.2) is 30.4 Å². The summed E-state index contributed by atoms with van der Waals surface area (Å²) in [6.07, 6.45) is 0. The summed E-state index contributed by atoms with van der Waals surface area (Å²) in [5.41, 5.74) is 0.954. The van der Waals surface area contributed by atoms with Gasteiger partial charge in [-0.25, -0.2) is 4.79 Å². The van der Waals surface area contributed by atoms with Gasteiger partial charge in [0.25, 0.3) is 11.8 Å². The zero-order valence-electron chi connectivity index (χ0n) is 14.4. The SMILES string of the molecule is C[C@H](NC(=O)c1ccc(Cl)cc1)C(=O)OCC(=O)Nc1ccccc1C#N. The molecule has 2 N–H and O–H groups in total. The van der Waals surface area contributed by atoms with Crippen molar-refractivity contribution in [3.8, 4) is 6.07 Å². The first-order chi connectivity index (χ1) is 12.9. The Kier molecular flexibility index (Phi) is 6.92. The van der Waals surface area contributed by atoms with Crippen molar-refractivity contribution in [1.82, 2.24) is 5.32 Å². The van der Waals surface area contributed by atoms with Crippen LogP contribution >= 0.6 is 11.6 Å². The van der Waals surface area contributed by atoms with Crippen LogP contribution in [0.5, 0.6) is 0 Å². The van der Waals surface area contributed by atoms with Gasteiger partial charge >= 0.3 is 5.97 Å². The molecule has 138 valence electrons. The number of hydrogen-bond acceptors (Lipinski definition) is 5. The van der Waals surface area contributed by atoms with Crippen LogP contribution < -0.4 is 10.6 Å². The van der Waals surface area contributed by atoms with Gasteiger partial charge in [-0.1, -0.05) is 23.7 Å². The molecule has 0 spiro atoms. The lowest BCUT2D eigenvalue weighted by atomic mass is 10.2. The molecule has 0 aliphatic heterocycles. The number of anilines is 1. The van der Waals surface area contributed by atoms with Gasteiger partial charge in [0, 0.05) is 10.6 Å². The number of para-hydroxylation sites is 1. The minimum atomic E-state index is -0.952. The van der Waals surface area contributed by atoms with Crippen LogP contribution in [0.15, 0.2) is 48.5 Å². The standard InChI is InChI=1S/C19H16ClN3O4/c1-12(22-18(25)13-6-8-15(20)9-7-13)19(26)27-11-17(24)23-16-5-3-2-4-14(16)10-21/h2-9,12H,11H2,1H3,(H,22,25)(H,23,24)/t12-/m0/s1. The Hall–Kier alpha value is -3.37. The molecule has 0 radical (unpaired) electrons. The Bertz CT molecular complexity index is 891. The molecule has 8 heteroatoms. The number of benzene rings is 2. The van der Waals surface area contributed by atoms with Gasteiger partial charge in [-0.05, 0) is 43.3 Å². The summed E-state index contributed by atoms with van der Waals surface area (Å²) in [5, 5.41) is 14.4. The summed E-state index contributed by atoms with van der Waals surface area (Å²) in [6.45, 7) is 0.902. The van der Waals surface area contributed by atoms with E-state index < -0.39 is 30.4 Å². The van der Waals surface area contributed by atoms with Gasteiger partial charge in [-0.15, -0.1) is 0 Å². The fourth-order valence-corrected chi connectivity index (χ4v) is 2.20. The molecule has 0 heterocycles. The van der Waals surface area contributed by atoms with E-state index >= 15 is 0 Å². The number of halogens is 1. The molecule has 0 saturated carbocycles. The number of ether oxygens (including phenoxy) is 1. The number of carbonyl (C=O) groups is 3. The highest BCUT2D eigenvalue weighted by molar-refractivity contribution is 6.30. The lowest BCUT2D eigenvalue weighted by Crippen LogP contribution is -2.40. The molecule has 0 fully saturated rings. The number of esters is 1. The third-order valence-corrected chi connectivity index (χ3v) is 3.73. The molecule has 1 atom stereocenters. The van der Waals surface area contributed by atoms with Crippen molar-refractivity contribution in [2.75, 3.05) is 11.9 Å². The van der Waals surface area contributed by atoms with Gasteiger partial charge < -0.3 is 15.4 Å². The summed E-state index contributed by atoms with van der Waals surface area (Å²) in [6, 6.07) is 13.6. The molecule has 2 rings (SSSR count). The van der Waals surface area contributed by atoms with Crippen LogP contribution in [0.2, 0.25) is 5.02 Å². The van der Waals surface area contributed by atoms with E-state index in [-0.39, 0.29) is 0 Å². The van der Waals surface area contributed by atoms with Gasteiger partial charge in [0.15, 0.2) is 6.61 Å². The van der Waals surface area contributed by atoms with E-state index in [9.17, 15) is 14.4 Å². The molecule has 0 aliphatic carbocycles. The van der Waals surface area contributed by atoms with Crippen molar-refractivity contribution in [3.63, 3.8) is 0 Å². The molecule has 0 aromatic heterocycles. The molecule has 0 aliphatic rings. The number of nitrogens with zero attached hydrogens (tertiary/aromatic N) is 1. The van der Waals surface area contributed by atoms with E-state index in [0.717, 1.165) is 0 Å². The molecule has 0 saturated heterocycles. The molecule has 2 aromatic carbocycles. The normalized spacial score (nSPS) is 11.0. The molecule has 2 amide bonds. The van der Waals surface area contributed by atoms with E-state index in [1.54, 1.807) is 36.4 Å². The molecule has 27 heavy (non-hydrogen) atoms. The van der Waals surface area contributed by atoms with Gasteiger partial charge in [-0.3, -0.25) is 9.59 Å². The summed E-state index contributed by atoms with van der Waals surface area (Å²) in [7, 11) is 0. The van der Waals surface area contributed by atoms with E-state index in [1.807, 2.05) is 6.07 Å². The van der Waals surface area contributed by atoms with E-state index in [1.165, 1.54) is 19.1 Å². The van der Waals surface area contributed by atoms with Crippen molar-refractivity contribution in [2.24, 2.45) is 0 Å². The molecular formula is C19H16ClN3O4. The van der Waals surface area contributed by atoms with Crippen molar-refractivity contribution in [1.29, 1.82) is 5.26 Å². The first kappa shape index (κ1) is 19.9.